The second-order valence-corrected chi connectivity index (χ2v) is 5.05. The van der Waals surface area contributed by atoms with Crippen molar-refractivity contribution in [1.82, 2.24) is 9.55 Å². The average molecular weight is 265 g/mol. The third-order valence-corrected chi connectivity index (χ3v) is 3.63. The molecule has 1 aromatic heterocycles. The highest BCUT2D eigenvalue weighted by molar-refractivity contribution is 6.17. The van der Waals surface area contributed by atoms with Crippen molar-refractivity contribution < 1.29 is 0 Å². The van der Waals surface area contributed by atoms with Crippen LogP contribution in [0.4, 0.5) is 0 Å². The maximum Gasteiger partial charge on any atom is 0.111 e. The molecule has 0 bridgehead atoms. The molecule has 0 N–H and O–H groups in total. The molecule has 98 valence electrons. The van der Waals surface area contributed by atoms with Gasteiger partial charge in [0.2, 0.25) is 0 Å². The van der Waals surface area contributed by atoms with E-state index in [1.54, 1.807) is 0 Å². The minimum absolute atomic E-state index is 0.542. The van der Waals surface area contributed by atoms with Crippen LogP contribution in [-0.2, 0) is 6.42 Å². The minimum atomic E-state index is 0.542. The van der Waals surface area contributed by atoms with Crippen LogP contribution in [0.25, 0.3) is 11.0 Å². The van der Waals surface area contributed by atoms with Gasteiger partial charge < -0.3 is 4.57 Å². The summed E-state index contributed by atoms with van der Waals surface area (Å²) >= 11 is 5.91. The van der Waals surface area contributed by atoms with Gasteiger partial charge in [0, 0.05) is 18.3 Å². The van der Waals surface area contributed by atoms with Crippen molar-refractivity contribution in [3.05, 3.63) is 30.1 Å². The van der Waals surface area contributed by atoms with Gasteiger partial charge in [0.25, 0.3) is 0 Å². The van der Waals surface area contributed by atoms with E-state index in [1.807, 2.05) is 6.07 Å². The molecule has 0 spiro atoms. The molecular formula is C15H21ClN2. The molecule has 0 amide bonds. The fourth-order valence-corrected chi connectivity index (χ4v) is 2.78. The number of para-hydroxylation sites is 2. The normalized spacial score (nSPS) is 13.1. The maximum absolute atomic E-state index is 5.91. The van der Waals surface area contributed by atoms with E-state index in [-0.39, 0.29) is 0 Å². The standard InChI is InChI=1S/C15H21ClN2/c1-3-7-12(4-2)18-14-9-6-5-8-13(14)17-15(18)10-11-16/h5-6,8-9,12H,3-4,7,10-11H2,1-2H3. The highest BCUT2D eigenvalue weighted by atomic mass is 35.5. The molecule has 2 rings (SSSR count). The number of aryl methyl sites for hydroxylation is 1. The Morgan fingerprint density at radius 1 is 1.28 bits per heavy atom. The molecular weight excluding hydrogens is 244 g/mol. The predicted octanol–water partition coefficient (Wildman–Crippen LogP) is 4.57. The molecule has 0 radical (unpaired) electrons. The molecule has 0 aliphatic rings. The molecule has 1 atom stereocenters. The average Bonchev–Trinajstić information content (AvgIpc) is 2.74. The Balaban J connectivity index is 2.52. The molecule has 1 unspecified atom stereocenters. The fraction of sp³-hybridized carbons (Fsp3) is 0.533. The van der Waals surface area contributed by atoms with Gasteiger partial charge >= 0.3 is 0 Å². The molecule has 1 aromatic carbocycles. The molecule has 0 aliphatic heterocycles. The molecule has 0 saturated carbocycles. The van der Waals surface area contributed by atoms with Crippen LogP contribution >= 0.6 is 11.6 Å². The van der Waals surface area contributed by atoms with Crippen LogP contribution in [0.5, 0.6) is 0 Å². The highest BCUT2D eigenvalue weighted by Gasteiger charge is 2.16. The summed E-state index contributed by atoms with van der Waals surface area (Å²) in [5.74, 6) is 1.76. The van der Waals surface area contributed by atoms with Crippen LogP contribution in [0.15, 0.2) is 24.3 Å². The van der Waals surface area contributed by atoms with Crippen molar-refractivity contribution in [2.45, 2.75) is 45.6 Å². The number of hydrogen-bond donors (Lipinski definition) is 0. The molecule has 0 aliphatic carbocycles. The van der Waals surface area contributed by atoms with E-state index in [1.165, 1.54) is 18.4 Å². The van der Waals surface area contributed by atoms with E-state index >= 15 is 0 Å². The lowest BCUT2D eigenvalue weighted by Crippen LogP contribution is -2.12. The third kappa shape index (κ3) is 2.54. The van der Waals surface area contributed by atoms with Gasteiger partial charge in [-0.1, -0.05) is 32.4 Å². The van der Waals surface area contributed by atoms with Crippen molar-refractivity contribution in [3.63, 3.8) is 0 Å². The molecule has 2 aromatic rings. The fourth-order valence-electron chi connectivity index (χ4n) is 2.61. The lowest BCUT2D eigenvalue weighted by Gasteiger charge is -2.19. The second kappa shape index (κ2) is 6.24. The smallest absolute Gasteiger partial charge is 0.111 e. The number of hydrogen-bond acceptors (Lipinski definition) is 1. The topological polar surface area (TPSA) is 17.8 Å². The van der Waals surface area contributed by atoms with E-state index in [0.717, 1.165) is 24.2 Å². The first-order valence-electron chi connectivity index (χ1n) is 6.83. The van der Waals surface area contributed by atoms with E-state index in [2.05, 4.69) is 36.6 Å². The van der Waals surface area contributed by atoms with Gasteiger partial charge in [0.15, 0.2) is 0 Å². The van der Waals surface area contributed by atoms with Crippen LogP contribution in [-0.4, -0.2) is 15.4 Å². The van der Waals surface area contributed by atoms with Gasteiger partial charge in [0.05, 0.1) is 11.0 Å². The molecule has 0 saturated heterocycles. The largest absolute Gasteiger partial charge is 0.325 e. The number of aromatic nitrogens is 2. The van der Waals surface area contributed by atoms with E-state index in [0.29, 0.717) is 11.9 Å². The van der Waals surface area contributed by atoms with Gasteiger partial charge in [0.1, 0.15) is 5.82 Å². The maximum atomic E-state index is 5.91. The van der Waals surface area contributed by atoms with Crippen LogP contribution in [0.2, 0.25) is 0 Å². The summed E-state index contributed by atoms with van der Waals surface area (Å²) in [7, 11) is 0. The van der Waals surface area contributed by atoms with Crippen LogP contribution < -0.4 is 0 Å². The first-order valence-corrected chi connectivity index (χ1v) is 7.37. The van der Waals surface area contributed by atoms with E-state index in [4.69, 9.17) is 16.6 Å². The Bertz CT molecular complexity index is 504. The number of alkyl halides is 1. The van der Waals surface area contributed by atoms with Crippen LogP contribution in [0, 0.1) is 0 Å². The van der Waals surface area contributed by atoms with Gasteiger partial charge in [-0.3, -0.25) is 0 Å². The molecule has 18 heavy (non-hydrogen) atoms. The molecule has 1 heterocycles. The van der Waals surface area contributed by atoms with Crippen LogP contribution in [0.3, 0.4) is 0 Å². The summed E-state index contributed by atoms with van der Waals surface area (Å²) in [6.45, 7) is 4.49. The first kappa shape index (κ1) is 13.4. The number of rotatable bonds is 6. The minimum Gasteiger partial charge on any atom is -0.325 e. The summed E-state index contributed by atoms with van der Waals surface area (Å²) in [6, 6.07) is 8.93. The van der Waals surface area contributed by atoms with Gasteiger partial charge in [-0.25, -0.2) is 4.98 Å². The highest BCUT2D eigenvalue weighted by Crippen LogP contribution is 2.26. The van der Waals surface area contributed by atoms with Gasteiger partial charge in [-0.05, 0) is 25.0 Å². The molecule has 3 heteroatoms. The van der Waals surface area contributed by atoms with E-state index < -0.39 is 0 Å². The van der Waals surface area contributed by atoms with E-state index in [9.17, 15) is 0 Å². The Morgan fingerprint density at radius 3 is 2.72 bits per heavy atom. The van der Waals surface area contributed by atoms with Crippen LogP contribution in [0.1, 0.15) is 45.0 Å². The quantitative estimate of drug-likeness (QED) is 0.699. The summed E-state index contributed by atoms with van der Waals surface area (Å²) in [5.41, 5.74) is 2.34. The summed E-state index contributed by atoms with van der Waals surface area (Å²) < 4.78 is 2.40. The summed E-state index contributed by atoms with van der Waals surface area (Å²) in [6.07, 6.45) is 4.39. The Hall–Kier alpha value is -1.02. The molecule has 2 nitrogen and oxygen atoms in total. The monoisotopic (exact) mass is 264 g/mol. The number of fused-ring (bicyclic) bond motifs is 1. The Labute approximate surface area is 114 Å². The van der Waals surface area contributed by atoms with Gasteiger partial charge in [-0.2, -0.15) is 0 Å². The SMILES string of the molecule is CCCC(CC)n1c(CCCl)nc2ccccc21. The van der Waals surface area contributed by atoms with Crippen molar-refractivity contribution in [1.29, 1.82) is 0 Å². The summed E-state index contributed by atoms with van der Waals surface area (Å²) in [5, 5.41) is 0. The second-order valence-electron chi connectivity index (χ2n) is 4.68. The number of imidazole rings is 1. The van der Waals surface area contributed by atoms with Crippen molar-refractivity contribution in [2.75, 3.05) is 5.88 Å². The number of benzene rings is 1. The molecule has 0 fully saturated rings. The lowest BCUT2D eigenvalue weighted by molar-refractivity contribution is 0.445. The lowest BCUT2D eigenvalue weighted by atomic mass is 10.1. The van der Waals surface area contributed by atoms with Crippen molar-refractivity contribution >= 4 is 22.6 Å². The Morgan fingerprint density at radius 2 is 2.06 bits per heavy atom. The zero-order valence-electron chi connectivity index (χ0n) is 11.2. The first-order chi connectivity index (χ1) is 8.81. The summed E-state index contributed by atoms with van der Waals surface area (Å²) in [4.78, 5) is 4.73. The van der Waals surface area contributed by atoms with Gasteiger partial charge in [-0.15, -0.1) is 11.6 Å². The number of halogens is 1. The third-order valence-electron chi connectivity index (χ3n) is 3.45. The zero-order valence-corrected chi connectivity index (χ0v) is 12.0. The predicted molar refractivity (Wildman–Crippen MR) is 78.4 cm³/mol. The van der Waals surface area contributed by atoms with Crippen molar-refractivity contribution in [2.24, 2.45) is 0 Å². The Kier molecular flexibility index (Phi) is 4.65. The van der Waals surface area contributed by atoms with Crippen molar-refractivity contribution in [3.8, 4) is 0 Å². The number of nitrogens with zero attached hydrogens (tertiary/aromatic N) is 2. The zero-order chi connectivity index (χ0) is 13.0.